The number of non-ortho nitro benzene ring substituents is 1. The van der Waals surface area contributed by atoms with Gasteiger partial charge in [0.2, 0.25) is 0 Å². The van der Waals surface area contributed by atoms with E-state index in [4.69, 9.17) is 14.5 Å². The summed E-state index contributed by atoms with van der Waals surface area (Å²) in [5, 5.41) is 19.0. The zero-order valence-electron chi connectivity index (χ0n) is 21.9. The second-order valence-corrected chi connectivity index (χ2v) is 10.4. The van der Waals surface area contributed by atoms with Crippen LogP contribution in [-0.4, -0.2) is 69.9 Å². The van der Waals surface area contributed by atoms with Gasteiger partial charge in [0.25, 0.3) is 5.69 Å². The van der Waals surface area contributed by atoms with E-state index in [0.29, 0.717) is 36.1 Å². The van der Waals surface area contributed by atoms with Crippen LogP contribution < -0.4 is 5.32 Å². The molecule has 1 aromatic heterocycles. The van der Waals surface area contributed by atoms with Gasteiger partial charge in [-0.1, -0.05) is 19.1 Å². The Balaban J connectivity index is 1.64. The van der Waals surface area contributed by atoms with E-state index in [2.05, 4.69) is 28.3 Å². The number of aliphatic imine (C=N–C) groups is 1. The molecule has 2 unspecified atom stereocenters. The van der Waals surface area contributed by atoms with Gasteiger partial charge in [0.15, 0.2) is 5.82 Å². The molecule has 11 heteroatoms. The van der Waals surface area contributed by atoms with Crippen molar-refractivity contribution in [2.24, 2.45) is 16.8 Å². The summed E-state index contributed by atoms with van der Waals surface area (Å²) in [5.41, 5.74) is 1.46. The Kier molecular flexibility index (Phi) is 7.74. The van der Waals surface area contributed by atoms with E-state index < -0.39 is 16.6 Å². The summed E-state index contributed by atoms with van der Waals surface area (Å²) >= 11 is 0. The first kappa shape index (κ1) is 26.5. The lowest BCUT2D eigenvalue weighted by atomic mass is 9.83. The molecule has 0 spiro atoms. The van der Waals surface area contributed by atoms with Gasteiger partial charge in [-0.05, 0) is 33.8 Å². The van der Waals surface area contributed by atoms with Gasteiger partial charge in [0.05, 0.1) is 23.8 Å². The van der Waals surface area contributed by atoms with Crippen LogP contribution in [0.2, 0.25) is 0 Å². The van der Waals surface area contributed by atoms with E-state index >= 15 is 0 Å². The summed E-state index contributed by atoms with van der Waals surface area (Å²) in [6.45, 7) is 13.2. The highest BCUT2D eigenvalue weighted by molar-refractivity contribution is 6.04. The summed E-state index contributed by atoms with van der Waals surface area (Å²) < 4.78 is 12.2. The molecule has 11 nitrogen and oxygen atoms in total. The van der Waals surface area contributed by atoms with Crippen LogP contribution in [0, 0.1) is 28.9 Å². The Labute approximate surface area is 216 Å². The van der Waals surface area contributed by atoms with Crippen LogP contribution >= 0.6 is 0 Å². The average molecular weight is 511 g/mol. The first-order chi connectivity index (χ1) is 17.5. The van der Waals surface area contributed by atoms with Gasteiger partial charge in [-0.2, -0.15) is 4.68 Å². The van der Waals surface area contributed by atoms with Crippen LogP contribution in [0.3, 0.4) is 0 Å². The van der Waals surface area contributed by atoms with Crippen LogP contribution in [0.5, 0.6) is 0 Å². The van der Waals surface area contributed by atoms with Crippen molar-refractivity contribution < 1.29 is 19.2 Å². The second-order valence-electron chi connectivity index (χ2n) is 10.4. The molecule has 1 saturated heterocycles. The second kappa shape index (κ2) is 10.8. The number of hydrogen-bond donors (Lipinski definition) is 1. The summed E-state index contributed by atoms with van der Waals surface area (Å²) in [6, 6.07) is 8.31. The molecule has 1 N–H and O–H groups in total. The van der Waals surface area contributed by atoms with E-state index in [1.54, 1.807) is 45.9 Å². The monoisotopic (exact) mass is 510 g/mol. The van der Waals surface area contributed by atoms with Crippen molar-refractivity contribution in [2.75, 3.05) is 38.2 Å². The highest BCUT2D eigenvalue weighted by Gasteiger charge is 2.30. The number of nitro benzene ring substituents is 1. The predicted octanol–water partition coefficient (Wildman–Crippen LogP) is 4.22. The lowest BCUT2D eigenvalue weighted by molar-refractivity contribution is -0.384. The molecule has 0 radical (unpaired) electrons. The molecular formula is C26H34N6O5. The molecule has 0 aliphatic carbocycles. The third-order valence-corrected chi connectivity index (χ3v) is 6.32. The Morgan fingerprint density at radius 2 is 2.00 bits per heavy atom. The van der Waals surface area contributed by atoms with Crippen molar-refractivity contribution in [2.45, 2.75) is 40.2 Å². The molecule has 37 heavy (non-hydrogen) atoms. The number of anilines is 1. The van der Waals surface area contributed by atoms with Gasteiger partial charge in [-0.15, -0.1) is 5.10 Å². The number of carbonyl (C=O) groups excluding carboxylic acids is 1. The lowest BCUT2D eigenvalue weighted by Gasteiger charge is -2.34. The van der Waals surface area contributed by atoms with Crippen molar-refractivity contribution in [1.29, 1.82) is 0 Å². The molecule has 2 atom stereocenters. The summed E-state index contributed by atoms with van der Waals surface area (Å²) in [6.07, 6.45) is 1.51. The predicted molar refractivity (Wildman–Crippen MR) is 140 cm³/mol. The minimum Gasteiger partial charge on any atom is -0.442 e. The van der Waals surface area contributed by atoms with Crippen LogP contribution in [0.4, 0.5) is 16.3 Å². The molecule has 3 heterocycles. The number of benzene rings is 1. The number of ether oxygens (including phenoxy) is 2. The number of hydrogen-bond acceptors (Lipinski definition) is 9. The van der Waals surface area contributed by atoms with Crippen molar-refractivity contribution in [3.8, 4) is 0 Å². The first-order valence-electron chi connectivity index (χ1n) is 12.4. The number of carbonyl (C=O) groups is 1. The van der Waals surface area contributed by atoms with Crippen LogP contribution in [0.25, 0.3) is 0 Å². The highest BCUT2D eigenvalue weighted by atomic mass is 16.6. The lowest BCUT2D eigenvalue weighted by Crippen LogP contribution is -2.42. The molecule has 2 aromatic rings. The Hall–Kier alpha value is -3.57. The molecule has 0 saturated carbocycles. The molecule has 198 valence electrons. The highest BCUT2D eigenvalue weighted by Crippen LogP contribution is 2.30. The van der Waals surface area contributed by atoms with Gasteiger partial charge in [0.1, 0.15) is 11.4 Å². The third-order valence-electron chi connectivity index (χ3n) is 6.32. The summed E-state index contributed by atoms with van der Waals surface area (Å²) in [7, 11) is 0. The van der Waals surface area contributed by atoms with E-state index in [1.165, 1.54) is 10.7 Å². The van der Waals surface area contributed by atoms with Crippen molar-refractivity contribution in [3.05, 3.63) is 63.6 Å². The summed E-state index contributed by atoms with van der Waals surface area (Å²) in [4.78, 5) is 30.8. The number of nitro groups is 1. The topological polar surface area (TPSA) is 124 Å². The van der Waals surface area contributed by atoms with Gasteiger partial charge < -0.3 is 14.8 Å². The minimum atomic E-state index is -0.644. The van der Waals surface area contributed by atoms with E-state index in [0.717, 1.165) is 25.3 Å². The normalized spacial score (nSPS) is 20.7. The van der Waals surface area contributed by atoms with Gasteiger partial charge in [-0.3, -0.25) is 15.0 Å². The molecule has 1 aromatic carbocycles. The maximum absolute atomic E-state index is 12.6. The van der Waals surface area contributed by atoms with Crippen LogP contribution in [0.1, 0.15) is 39.0 Å². The smallest absolute Gasteiger partial charge is 0.435 e. The van der Waals surface area contributed by atoms with Crippen molar-refractivity contribution >= 4 is 23.3 Å². The number of aromatic nitrogens is 2. The zero-order valence-corrected chi connectivity index (χ0v) is 21.9. The SMILES string of the molecule is Cc1cc(NC2=CC(CN3CCOCC3)C(C)C(c3cccc([N+](=O)[O-])c3)=N2)nn1C(=O)OC(C)(C)C. The minimum absolute atomic E-state index is 0.0212. The molecular weight excluding hydrogens is 476 g/mol. The van der Waals surface area contributed by atoms with Crippen molar-refractivity contribution in [3.63, 3.8) is 0 Å². The maximum atomic E-state index is 12.6. The quantitative estimate of drug-likeness (QED) is 0.452. The Morgan fingerprint density at radius 3 is 2.68 bits per heavy atom. The maximum Gasteiger partial charge on any atom is 0.435 e. The molecule has 4 rings (SSSR count). The number of morpholine rings is 1. The standard InChI is InChI=1S/C26H34N6O5/c1-17-13-23(29-31(17)25(33)37-26(3,4)5)27-22-15-20(16-30-9-11-36-12-10-30)18(2)24(28-22)19-7-6-8-21(14-19)32(34)35/h6-8,13-15,18,20H,9-12,16H2,1-5H3,(H,27,29). The van der Waals surface area contributed by atoms with Gasteiger partial charge in [0, 0.05) is 60.9 Å². The molecule has 0 amide bonds. The fourth-order valence-electron chi connectivity index (χ4n) is 4.44. The average Bonchev–Trinajstić information content (AvgIpc) is 3.20. The van der Waals surface area contributed by atoms with Crippen LogP contribution in [0.15, 0.2) is 47.2 Å². The molecule has 2 aliphatic heterocycles. The van der Waals surface area contributed by atoms with E-state index in [-0.39, 0.29) is 17.5 Å². The van der Waals surface area contributed by atoms with Crippen LogP contribution in [-0.2, 0) is 9.47 Å². The van der Waals surface area contributed by atoms with Crippen molar-refractivity contribution in [1.82, 2.24) is 14.7 Å². The molecule has 1 fully saturated rings. The van der Waals surface area contributed by atoms with E-state index in [1.807, 2.05) is 6.07 Å². The summed E-state index contributed by atoms with van der Waals surface area (Å²) in [5.74, 6) is 1.15. The molecule has 0 bridgehead atoms. The third kappa shape index (κ3) is 6.60. The number of rotatable bonds is 6. The van der Waals surface area contributed by atoms with Gasteiger partial charge >= 0.3 is 6.09 Å². The van der Waals surface area contributed by atoms with E-state index in [9.17, 15) is 14.9 Å². The zero-order chi connectivity index (χ0) is 26.7. The fraction of sp³-hybridized carbons (Fsp3) is 0.500. The largest absolute Gasteiger partial charge is 0.442 e. The number of nitrogens with one attached hydrogen (secondary N) is 1. The number of nitrogens with zero attached hydrogens (tertiary/aromatic N) is 5. The Morgan fingerprint density at radius 1 is 1.27 bits per heavy atom. The first-order valence-corrected chi connectivity index (χ1v) is 12.4. The molecule has 2 aliphatic rings. The fourth-order valence-corrected chi connectivity index (χ4v) is 4.44. The van der Waals surface area contributed by atoms with Gasteiger partial charge in [-0.25, -0.2) is 9.79 Å². The number of aryl methyl sites for hydroxylation is 1. The Bertz CT molecular complexity index is 1220.